The molecule has 4 nitrogen and oxygen atoms in total. The molecule has 0 spiro atoms. The number of carboxylic acid groups (broad SMARTS) is 1. The lowest BCUT2D eigenvalue weighted by Crippen LogP contribution is -2.37. The van der Waals surface area contributed by atoms with Gasteiger partial charge < -0.3 is 14.7 Å². The molecule has 19 heavy (non-hydrogen) atoms. The third kappa shape index (κ3) is 5.91. The lowest BCUT2D eigenvalue weighted by Gasteiger charge is -2.31. The molecule has 1 aliphatic heterocycles. The van der Waals surface area contributed by atoms with Gasteiger partial charge in [-0.05, 0) is 53.0 Å². The van der Waals surface area contributed by atoms with Crippen LogP contribution in [0, 0.1) is 5.41 Å². The molecule has 0 aromatic heterocycles. The molecule has 0 aromatic carbocycles. The van der Waals surface area contributed by atoms with Crippen molar-refractivity contribution >= 4 is 5.97 Å². The summed E-state index contributed by atoms with van der Waals surface area (Å²) in [5.41, 5.74) is -0.581. The third-order valence-corrected chi connectivity index (χ3v) is 4.04. The topological polar surface area (TPSA) is 49.8 Å². The van der Waals surface area contributed by atoms with E-state index in [9.17, 15) is 4.79 Å². The highest BCUT2D eigenvalue weighted by Crippen LogP contribution is 2.23. The standard InChI is InChI=1S/C15H29NO3/c1-4-19-13-7-11-16(12-8-13)10-6-5-9-15(2,3)14(17)18/h13H,4-12H2,1-3H3,(H,17,18). The quantitative estimate of drug-likeness (QED) is 0.690. The molecule has 1 N–H and O–H groups in total. The van der Waals surface area contributed by atoms with Gasteiger partial charge in [0.2, 0.25) is 0 Å². The summed E-state index contributed by atoms with van der Waals surface area (Å²) in [4.78, 5) is 13.5. The smallest absolute Gasteiger partial charge is 0.309 e. The zero-order valence-electron chi connectivity index (χ0n) is 12.7. The fourth-order valence-corrected chi connectivity index (χ4v) is 2.54. The summed E-state index contributed by atoms with van der Waals surface area (Å²) < 4.78 is 5.64. The van der Waals surface area contributed by atoms with Gasteiger partial charge in [0.05, 0.1) is 11.5 Å². The van der Waals surface area contributed by atoms with Crippen LogP contribution in [0.4, 0.5) is 0 Å². The van der Waals surface area contributed by atoms with Crippen molar-refractivity contribution in [3.63, 3.8) is 0 Å². The van der Waals surface area contributed by atoms with E-state index in [1.165, 1.54) is 0 Å². The first-order chi connectivity index (χ1) is 8.95. The summed E-state index contributed by atoms with van der Waals surface area (Å²) in [7, 11) is 0. The number of likely N-dealkylation sites (tertiary alicyclic amines) is 1. The van der Waals surface area contributed by atoms with Gasteiger partial charge in [-0.1, -0.05) is 6.42 Å². The van der Waals surface area contributed by atoms with Crippen LogP contribution >= 0.6 is 0 Å². The zero-order valence-corrected chi connectivity index (χ0v) is 12.7. The average molecular weight is 271 g/mol. The maximum atomic E-state index is 11.0. The molecule has 4 heteroatoms. The maximum Gasteiger partial charge on any atom is 0.309 e. The van der Waals surface area contributed by atoms with E-state index in [4.69, 9.17) is 9.84 Å². The van der Waals surface area contributed by atoms with Crippen molar-refractivity contribution in [1.29, 1.82) is 0 Å². The molecule has 1 heterocycles. The summed E-state index contributed by atoms with van der Waals surface area (Å²) >= 11 is 0. The van der Waals surface area contributed by atoms with Gasteiger partial charge in [0.15, 0.2) is 0 Å². The second-order valence-corrected chi connectivity index (χ2v) is 6.14. The molecule has 0 bridgehead atoms. The highest BCUT2D eigenvalue weighted by molar-refractivity contribution is 5.73. The molecule has 0 atom stereocenters. The fourth-order valence-electron chi connectivity index (χ4n) is 2.54. The first kappa shape index (κ1) is 16.4. The highest BCUT2D eigenvalue weighted by atomic mass is 16.5. The summed E-state index contributed by atoms with van der Waals surface area (Å²) in [6.07, 6.45) is 5.56. The lowest BCUT2D eigenvalue weighted by atomic mass is 9.87. The number of hydrogen-bond acceptors (Lipinski definition) is 3. The minimum Gasteiger partial charge on any atom is -0.481 e. The minimum absolute atomic E-state index is 0.451. The number of aliphatic carboxylic acids is 1. The van der Waals surface area contributed by atoms with E-state index >= 15 is 0 Å². The van der Waals surface area contributed by atoms with E-state index in [1.54, 1.807) is 0 Å². The molecule has 0 aromatic rings. The number of nitrogens with zero attached hydrogens (tertiary/aromatic N) is 1. The van der Waals surface area contributed by atoms with Gasteiger partial charge in [0, 0.05) is 19.7 Å². The van der Waals surface area contributed by atoms with Gasteiger partial charge in [0.25, 0.3) is 0 Å². The Labute approximate surface area is 117 Å². The first-order valence-electron chi connectivity index (χ1n) is 7.53. The fraction of sp³-hybridized carbons (Fsp3) is 0.933. The van der Waals surface area contributed by atoms with Crippen LogP contribution in [0.15, 0.2) is 0 Å². The Hall–Kier alpha value is -0.610. The van der Waals surface area contributed by atoms with Crippen LogP contribution < -0.4 is 0 Å². The van der Waals surface area contributed by atoms with Crippen LogP contribution in [0.5, 0.6) is 0 Å². The Morgan fingerprint density at radius 1 is 1.32 bits per heavy atom. The Morgan fingerprint density at radius 2 is 1.95 bits per heavy atom. The van der Waals surface area contributed by atoms with Gasteiger partial charge in [-0.2, -0.15) is 0 Å². The Kier molecular flexibility index (Phi) is 6.80. The number of piperidine rings is 1. The number of ether oxygens (including phenoxy) is 1. The second kappa shape index (κ2) is 7.85. The molecular formula is C15H29NO3. The Morgan fingerprint density at radius 3 is 2.47 bits per heavy atom. The van der Waals surface area contributed by atoms with Crippen LogP contribution in [0.2, 0.25) is 0 Å². The molecule has 112 valence electrons. The van der Waals surface area contributed by atoms with Crippen molar-refractivity contribution in [2.45, 2.75) is 59.0 Å². The van der Waals surface area contributed by atoms with Gasteiger partial charge >= 0.3 is 5.97 Å². The van der Waals surface area contributed by atoms with Crippen molar-refractivity contribution in [3.05, 3.63) is 0 Å². The van der Waals surface area contributed by atoms with Crippen LogP contribution in [-0.2, 0) is 9.53 Å². The van der Waals surface area contributed by atoms with E-state index in [-0.39, 0.29) is 0 Å². The van der Waals surface area contributed by atoms with E-state index in [0.29, 0.717) is 6.10 Å². The molecule has 1 rings (SSSR count). The third-order valence-electron chi connectivity index (χ3n) is 4.04. The maximum absolute atomic E-state index is 11.0. The van der Waals surface area contributed by atoms with Crippen molar-refractivity contribution in [2.24, 2.45) is 5.41 Å². The van der Waals surface area contributed by atoms with Crippen LogP contribution in [0.25, 0.3) is 0 Å². The van der Waals surface area contributed by atoms with E-state index in [0.717, 1.165) is 58.3 Å². The van der Waals surface area contributed by atoms with E-state index in [2.05, 4.69) is 11.8 Å². The van der Waals surface area contributed by atoms with Crippen LogP contribution in [-0.4, -0.2) is 48.3 Å². The predicted octanol–water partition coefficient (Wildman–Crippen LogP) is 2.77. The molecule has 0 radical (unpaired) electrons. The summed E-state index contributed by atoms with van der Waals surface area (Å²) in [6, 6.07) is 0. The molecule has 1 saturated heterocycles. The SMILES string of the molecule is CCOC1CCN(CCCCC(C)(C)C(=O)O)CC1. The largest absolute Gasteiger partial charge is 0.481 e. The van der Waals surface area contributed by atoms with E-state index in [1.807, 2.05) is 13.8 Å². The normalized spacial score (nSPS) is 18.7. The van der Waals surface area contributed by atoms with Gasteiger partial charge in [-0.15, -0.1) is 0 Å². The number of rotatable bonds is 8. The molecule has 0 saturated carbocycles. The second-order valence-electron chi connectivity index (χ2n) is 6.14. The molecule has 1 aliphatic rings. The van der Waals surface area contributed by atoms with Gasteiger partial charge in [-0.25, -0.2) is 0 Å². The average Bonchev–Trinajstić information content (AvgIpc) is 2.37. The Bertz CT molecular complexity index is 271. The molecule has 0 aliphatic carbocycles. The summed E-state index contributed by atoms with van der Waals surface area (Å²) in [5.74, 6) is -0.690. The van der Waals surface area contributed by atoms with Gasteiger partial charge in [-0.3, -0.25) is 4.79 Å². The van der Waals surface area contributed by atoms with Crippen LogP contribution in [0.3, 0.4) is 0 Å². The highest BCUT2D eigenvalue weighted by Gasteiger charge is 2.26. The summed E-state index contributed by atoms with van der Waals surface area (Å²) in [6.45, 7) is 9.81. The lowest BCUT2D eigenvalue weighted by molar-refractivity contribution is -0.147. The zero-order chi connectivity index (χ0) is 14.3. The monoisotopic (exact) mass is 271 g/mol. The summed E-state index contributed by atoms with van der Waals surface area (Å²) in [5, 5.41) is 9.04. The minimum atomic E-state index is -0.690. The van der Waals surface area contributed by atoms with E-state index < -0.39 is 11.4 Å². The number of unbranched alkanes of at least 4 members (excludes halogenated alkanes) is 1. The molecular weight excluding hydrogens is 242 g/mol. The van der Waals surface area contributed by atoms with Crippen molar-refractivity contribution in [2.75, 3.05) is 26.2 Å². The number of carbonyl (C=O) groups is 1. The van der Waals surface area contributed by atoms with Crippen molar-refractivity contribution < 1.29 is 14.6 Å². The molecule has 0 amide bonds. The predicted molar refractivity (Wildman–Crippen MR) is 76.4 cm³/mol. The molecule has 0 unspecified atom stereocenters. The number of hydrogen-bond donors (Lipinski definition) is 1. The Balaban J connectivity index is 2.10. The first-order valence-corrected chi connectivity index (χ1v) is 7.53. The van der Waals surface area contributed by atoms with Crippen LogP contribution in [0.1, 0.15) is 52.9 Å². The number of carboxylic acids is 1. The van der Waals surface area contributed by atoms with Gasteiger partial charge in [0.1, 0.15) is 0 Å². The van der Waals surface area contributed by atoms with Crippen molar-refractivity contribution in [3.8, 4) is 0 Å². The molecule has 1 fully saturated rings. The van der Waals surface area contributed by atoms with Crippen molar-refractivity contribution in [1.82, 2.24) is 4.90 Å².